The third-order valence-electron chi connectivity index (χ3n) is 3.38. The summed E-state index contributed by atoms with van der Waals surface area (Å²) in [6.45, 7) is 2.94. The Morgan fingerprint density at radius 3 is 2.88 bits per heavy atom. The Balaban J connectivity index is 2.44. The molecule has 4 nitrogen and oxygen atoms in total. The zero-order valence-corrected chi connectivity index (χ0v) is 10.5. The molecule has 16 heavy (non-hydrogen) atoms. The van der Waals surface area contributed by atoms with Crippen LogP contribution < -0.4 is 5.32 Å². The van der Waals surface area contributed by atoms with E-state index >= 15 is 0 Å². The lowest BCUT2D eigenvalue weighted by atomic mass is 9.98. The molecule has 0 saturated heterocycles. The molecule has 1 aliphatic carbocycles. The van der Waals surface area contributed by atoms with Crippen molar-refractivity contribution < 1.29 is 14.3 Å². The second kappa shape index (κ2) is 6.21. The highest BCUT2D eigenvalue weighted by molar-refractivity contribution is 5.81. The number of rotatable bonds is 6. The molecule has 1 aliphatic rings. The summed E-state index contributed by atoms with van der Waals surface area (Å²) in [6, 6.07) is 0. The van der Waals surface area contributed by atoms with Crippen LogP contribution in [0.1, 0.15) is 39.0 Å². The molecule has 2 unspecified atom stereocenters. The van der Waals surface area contributed by atoms with Crippen LogP contribution in [0.25, 0.3) is 0 Å². The van der Waals surface area contributed by atoms with Crippen LogP contribution in [0.15, 0.2) is 0 Å². The molecule has 0 spiro atoms. The summed E-state index contributed by atoms with van der Waals surface area (Å²) in [6.07, 6.45) is 4.87. The minimum atomic E-state index is -0.522. The van der Waals surface area contributed by atoms with Crippen molar-refractivity contribution in [2.24, 2.45) is 0 Å². The van der Waals surface area contributed by atoms with Gasteiger partial charge in [0.05, 0.1) is 13.2 Å². The topological polar surface area (TPSA) is 47.6 Å². The van der Waals surface area contributed by atoms with Crippen LogP contribution in [0, 0.1) is 0 Å². The molecule has 1 rings (SSSR count). The van der Waals surface area contributed by atoms with Crippen LogP contribution in [-0.2, 0) is 14.3 Å². The molecule has 0 bridgehead atoms. The van der Waals surface area contributed by atoms with Gasteiger partial charge in [-0.05, 0) is 26.3 Å². The largest absolute Gasteiger partial charge is 0.468 e. The molecule has 0 aliphatic heterocycles. The van der Waals surface area contributed by atoms with Crippen molar-refractivity contribution in [1.29, 1.82) is 0 Å². The number of hydrogen-bond acceptors (Lipinski definition) is 4. The van der Waals surface area contributed by atoms with Gasteiger partial charge in [-0.1, -0.05) is 13.3 Å². The van der Waals surface area contributed by atoms with Crippen molar-refractivity contribution >= 4 is 5.97 Å². The summed E-state index contributed by atoms with van der Waals surface area (Å²) in [5, 5.41) is 3.09. The lowest BCUT2D eigenvalue weighted by Gasteiger charge is -2.25. The maximum atomic E-state index is 11.7. The Hall–Kier alpha value is -0.610. The molecule has 2 atom stereocenters. The molecule has 0 amide bonds. The first-order valence-corrected chi connectivity index (χ1v) is 6.07. The number of esters is 1. The Morgan fingerprint density at radius 1 is 1.56 bits per heavy atom. The maximum Gasteiger partial charge on any atom is 0.326 e. The predicted octanol–water partition coefficient (Wildman–Crippen LogP) is 1.49. The van der Waals surface area contributed by atoms with Gasteiger partial charge in [0.15, 0.2) is 0 Å². The first kappa shape index (κ1) is 13.5. The second-order valence-corrected chi connectivity index (χ2v) is 4.41. The van der Waals surface area contributed by atoms with Gasteiger partial charge < -0.3 is 14.8 Å². The van der Waals surface area contributed by atoms with Gasteiger partial charge in [0, 0.05) is 13.0 Å². The molecule has 1 N–H and O–H groups in total. The van der Waals surface area contributed by atoms with Gasteiger partial charge in [0.25, 0.3) is 0 Å². The number of unbranched alkanes of at least 4 members (excludes halogenated alkanes) is 1. The third kappa shape index (κ3) is 2.95. The van der Waals surface area contributed by atoms with Gasteiger partial charge in [0.1, 0.15) is 5.54 Å². The van der Waals surface area contributed by atoms with Crippen molar-refractivity contribution in [3.05, 3.63) is 0 Å². The quantitative estimate of drug-likeness (QED) is 0.553. The number of carbonyl (C=O) groups excluding carboxylic acids is 1. The minimum Gasteiger partial charge on any atom is -0.468 e. The monoisotopic (exact) mass is 229 g/mol. The molecule has 1 saturated carbocycles. The van der Waals surface area contributed by atoms with Gasteiger partial charge in [-0.15, -0.1) is 0 Å². The van der Waals surface area contributed by atoms with Gasteiger partial charge >= 0.3 is 5.97 Å². The van der Waals surface area contributed by atoms with Gasteiger partial charge in [-0.2, -0.15) is 0 Å². The van der Waals surface area contributed by atoms with Crippen LogP contribution in [0.5, 0.6) is 0 Å². The zero-order chi connectivity index (χ0) is 12.0. The van der Waals surface area contributed by atoms with E-state index < -0.39 is 5.54 Å². The van der Waals surface area contributed by atoms with E-state index in [1.54, 1.807) is 0 Å². The number of methoxy groups -OCH3 is 1. The van der Waals surface area contributed by atoms with Crippen molar-refractivity contribution in [3.8, 4) is 0 Å². The van der Waals surface area contributed by atoms with Crippen molar-refractivity contribution in [3.63, 3.8) is 0 Å². The van der Waals surface area contributed by atoms with E-state index in [1.807, 2.05) is 7.05 Å². The highest BCUT2D eigenvalue weighted by Gasteiger charge is 2.45. The van der Waals surface area contributed by atoms with E-state index in [9.17, 15) is 4.79 Å². The van der Waals surface area contributed by atoms with Crippen LogP contribution in [-0.4, -0.2) is 38.4 Å². The number of likely N-dealkylation sites (N-methyl/N-ethyl adjacent to an activating group) is 1. The molecule has 0 aromatic rings. The van der Waals surface area contributed by atoms with Crippen LogP contribution in [0.3, 0.4) is 0 Å². The fourth-order valence-corrected chi connectivity index (χ4v) is 2.25. The predicted molar refractivity (Wildman–Crippen MR) is 62.3 cm³/mol. The van der Waals surface area contributed by atoms with E-state index in [2.05, 4.69) is 12.2 Å². The number of carbonyl (C=O) groups is 1. The highest BCUT2D eigenvalue weighted by atomic mass is 16.5. The fraction of sp³-hybridized carbons (Fsp3) is 0.917. The standard InChI is InChI=1S/C12H23NO3/c1-4-5-8-16-10-6-7-12(9-10,13-2)11(14)15-3/h10,13H,4-9H2,1-3H3. The SMILES string of the molecule is CCCCOC1CCC(NC)(C(=O)OC)C1. The molecule has 0 aromatic carbocycles. The van der Waals surface area contributed by atoms with Crippen molar-refractivity contribution in [2.75, 3.05) is 20.8 Å². The smallest absolute Gasteiger partial charge is 0.326 e. The lowest BCUT2D eigenvalue weighted by Crippen LogP contribution is -2.49. The molecule has 0 heterocycles. The summed E-state index contributed by atoms with van der Waals surface area (Å²) in [4.78, 5) is 11.7. The Bertz CT molecular complexity index is 232. The van der Waals surface area contributed by atoms with Crippen LogP contribution in [0.2, 0.25) is 0 Å². The van der Waals surface area contributed by atoms with Crippen LogP contribution in [0.4, 0.5) is 0 Å². The summed E-state index contributed by atoms with van der Waals surface area (Å²) in [7, 11) is 3.25. The first-order valence-electron chi connectivity index (χ1n) is 6.07. The highest BCUT2D eigenvalue weighted by Crippen LogP contribution is 2.32. The Kier molecular flexibility index (Phi) is 5.22. The van der Waals surface area contributed by atoms with Crippen molar-refractivity contribution in [2.45, 2.75) is 50.7 Å². The summed E-state index contributed by atoms with van der Waals surface area (Å²) in [5.41, 5.74) is -0.522. The third-order valence-corrected chi connectivity index (χ3v) is 3.38. The summed E-state index contributed by atoms with van der Waals surface area (Å²) in [5.74, 6) is -0.170. The zero-order valence-electron chi connectivity index (χ0n) is 10.5. The number of nitrogens with one attached hydrogen (secondary N) is 1. The normalized spacial score (nSPS) is 29.3. The molecule has 0 radical (unpaired) electrons. The van der Waals surface area contributed by atoms with E-state index in [0.717, 1.165) is 38.7 Å². The summed E-state index contributed by atoms with van der Waals surface area (Å²) < 4.78 is 10.6. The number of hydrogen-bond donors (Lipinski definition) is 1. The van der Waals surface area contributed by atoms with Crippen molar-refractivity contribution in [1.82, 2.24) is 5.32 Å². The van der Waals surface area contributed by atoms with Gasteiger partial charge in [-0.25, -0.2) is 0 Å². The van der Waals surface area contributed by atoms with E-state index in [0.29, 0.717) is 0 Å². The molecule has 4 heteroatoms. The second-order valence-electron chi connectivity index (χ2n) is 4.41. The van der Waals surface area contributed by atoms with E-state index in [-0.39, 0.29) is 12.1 Å². The van der Waals surface area contributed by atoms with E-state index in [1.165, 1.54) is 7.11 Å². The molecule has 0 aromatic heterocycles. The minimum absolute atomic E-state index is 0.170. The molecular formula is C12H23NO3. The average molecular weight is 229 g/mol. The van der Waals surface area contributed by atoms with Gasteiger partial charge in [-0.3, -0.25) is 4.79 Å². The molecule has 94 valence electrons. The average Bonchev–Trinajstić information content (AvgIpc) is 2.73. The van der Waals surface area contributed by atoms with Crippen LogP contribution >= 0.6 is 0 Å². The lowest BCUT2D eigenvalue weighted by molar-refractivity contribution is -0.148. The Morgan fingerprint density at radius 2 is 2.31 bits per heavy atom. The molecular weight excluding hydrogens is 206 g/mol. The van der Waals surface area contributed by atoms with E-state index in [4.69, 9.17) is 9.47 Å². The maximum absolute atomic E-state index is 11.7. The molecule has 1 fully saturated rings. The fourth-order valence-electron chi connectivity index (χ4n) is 2.25. The number of ether oxygens (including phenoxy) is 2. The summed E-state index contributed by atoms with van der Waals surface area (Å²) >= 11 is 0. The Labute approximate surface area is 97.7 Å². The van der Waals surface area contributed by atoms with Gasteiger partial charge in [0.2, 0.25) is 0 Å². The first-order chi connectivity index (χ1) is 7.68.